The van der Waals surface area contributed by atoms with Gasteiger partial charge in [-0.1, -0.05) is 29.8 Å². The molecule has 98 valence electrons. The van der Waals surface area contributed by atoms with Gasteiger partial charge in [-0.15, -0.1) is 0 Å². The molecule has 1 aliphatic rings. The third-order valence-corrected chi connectivity index (χ3v) is 5.18. The fourth-order valence-electron chi connectivity index (χ4n) is 2.09. The highest BCUT2D eigenvalue weighted by molar-refractivity contribution is 7.90. The molecule has 0 spiro atoms. The molecule has 1 fully saturated rings. The predicted molar refractivity (Wildman–Crippen MR) is 69.3 cm³/mol. The Labute approximate surface area is 108 Å². The maximum absolute atomic E-state index is 12.1. The number of aryl methyl sites for hydroxylation is 1. The molecule has 0 radical (unpaired) electrons. The van der Waals surface area contributed by atoms with Crippen LogP contribution in [0.4, 0.5) is 0 Å². The minimum absolute atomic E-state index is 0.106. The van der Waals surface area contributed by atoms with Crippen LogP contribution in [0.15, 0.2) is 24.3 Å². The van der Waals surface area contributed by atoms with Gasteiger partial charge in [0, 0.05) is 0 Å². The lowest BCUT2D eigenvalue weighted by atomic mass is 9.95. The third-order valence-electron chi connectivity index (χ3n) is 3.13. The lowest BCUT2D eigenvalue weighted by Gasteiger charge is -2.17. The SMILES string of the molecule is Cc1ccc(CN2C(=O)C(C)(C)CS2(=O)=O)cc1. The van der Waals surface area contributed by atoms with Crippen molar-refractivity contribution in [3.8, 4) is 0 Å². The van der Waals surface area contributed by atoms with Gasteiger partial charge >= 0.3 is 0 Å². The second-order valence-electron chi connectivity index (χ2n) is 5.44. The lowest BCUT2D eigenvalue weighted by molar-refractivity contribution is -0.132. The Bertz CT molecular complexity index is 573. The summed E-state index contributed by atoms with van der Waals surface area (Å²) in [5.74, 6) is -0.423. The van der Waals surface area contributed by atoms with Crippen molar-refractivity contribution in [1.29, 1.82) is 0 Å². The average Bonchev–Trinajstić information content (AvgIpc) is 2.39. The van der Waals surface area contributed by atoms with Crippen molar-refractivity contribution in [2.45, 2.75) is 27.3 Å². The highest BCUT2D eigenvalue weighted by Crippen LogP contribution is 2.32. The lowest BCUT2D eigenvalue weighted by Crippen LogP contribution is -2.32. The van der Waals surface area contributed by atoms with Gasteiger partial charge in [-0.25, -0.2) is 12.7 Å². The van der Waals surface area contributed by atoms with E-state index < -0.39 is 15.4 Å². The molecule has 0 saturated carbocycles. The van der Waals surface area contributed by atoms with Crippen LogP contribution in [0.2, 0.25) is 0 Å². The Morgan fingerprint density at radius 3 is 2.22 bits per heavy atom. The molecule has 4 nitrogen and oxygen atoms in total. The van der Waals surface area contributed by atoms with Crippen molar-refractivity contribution in [2.24, 2.45) is 5.41 Å². The van der Waals surface area contributed by atoms with E-state index in [0.717, 1.165) is 15.4 Å². The minimum atomic E-state index is -3.47. The Kier molecular flexibility index (Phi) is 2.97. The first-order valence-corrected chi connectivity index (χ1v) is 7.44. The van der Waals surface area contributed by atoms with E-state index in [9.17, 15) is 13.2 Å². The molecule has 1 saturated heterocycles. The van der Waals surface area contributed by atoms with Gasteiger partial charge in [0.15, 0.2) is 0 Å². The van der Waals surface area contributed by atoms with E-state index in [-0.39, 0.29) is 18.2 Å². The molecule has 1 aromatic carbocycles. The molecule has 5 heteroatoms. The summed E-state index contributed by atoms with van der Waals surface area (Å²) < 4.78 is 24.9. The van der Waals surface area contributed by atoms with Crippen LogP contribution < -0.4 is 0 Å². The first kappa shape index (κ1) is 13.1. The highest BCUT2D eigenvalue weighted by Gasteiger charge is 2.48. The van der Waals surface area contributed by atoms with Gasteiger partial charge in [-0.2, -0.15) is 0 Å². The number of amides is 1. The first-order valence-electron chi connectivity index (χ1n) is 5.83. The molecular weight excluding hydrogens is 250 g/mol. The van der Waals surface area contributed by atoms with Crippen molar-refractivity contribution >= 4 is 15.9 Å². The minimum Gasteiger partial charge on any atom is -0.273 e. The van der Waals surface area contributed by atoms with E-state index >= 15 is 0 Å². The quantitative estimate of drug-likeness (QED) is 0.819. The van der Waals surface area contributed by atoms with Crippen LogP contribution >= 0.6 is 0 Å². The van der Waals surface area contributed by atoms with Crippen LogP contribution in [-0.4, -0.2) is 24.4 Å². The fourth-order valence-corrected chi connectivity index (χ4v) is 4.13. The summed E-state index contributed by atoms with van der Waals surface area (Å²) >= 11 is 0. The zero-order valence-electron chi connectivity index (χ0n) is 10.8. The van der Waals surface area contributed by atoms with Crippen LogP contribution in [0, 0.1) is 12.3 Å². The molecule has 0 atom stereocenters. The summed E-state index contributed by atoms with van der Waals surface area (Å²) in [5, 5.41) is 0. The van der Waals surface area contributed by atoms with Gasteiger partial charge < -0.3 is 0 Å². The molecule has 0 aromatic heterocycles. The summed E-state index contributed by atoms with van der Waals surface area (Å²) in [6.07, 6.45) is 0. The summed E-state index contributed by atoms with van der Waals surface area (Å²) in [6.45, 7) is 5.43. The predicted octanol–water partition coefficient (Wildman–Crippen LogP) is 1.69. The van der Waals surface area contributed by atoms with Crippen molar-refractivity contribution in [2.75, 3.05) is 5.75 Å². The highest BCUT2D eigenvalue weighted by atomic mass is 32.2. The zero-order chi connectivity index (χ0) is 13.6. The fraction of sp³-hybridized carbons (Fsp3) is 0.462. The summed E-state index contributed by atoms with van der Waals surface area (Å²) in [5.41, 5.74) is 1.12. The van der Waals surface area contributed by atoms with Crippen molar-refractivity contribution < 1.29 is 13.2 Å². The first-order chi connectivity index (χ1) is 8.22. The Morgan fingerprint density at radius 1 is 1.22 bits per heavy atom. The van der Waals surface area contributed by atoms with Crippen molar-refractivity contribution in [3.05, 3.63) is 35.4 Å². The van der Waals surface area contributed by atoms with Gasteiger partial charge in [0.2, 0.25) is 15.9 Å². The van der Waals surface area contributed by atoms with Crippen LogP contribution in [0.1, 0.15) is 25.0 Å². The van der Waals surface area contributed by atoms with E-state index in [2.05, 4.69) is 0 Å². The van der Waals surface area contributed by atoms with E-state index in [1.54, 1.807) is 13.8 Å². The normalized spacial score (nSPS) is 21.3. The van der Waals surface area contributed by atoms with Crippen LogP contribution in [0.25, 0.3) is 0 Å². The van der Waals surface area contributed by atoms with Gasteiger partial charge in [0.1, 0.15) is 0 Å². The largest absolute Gasteiger partial charge is 0.273 e. The number of carbonyl (C=O) groups excluding carboxylic acids is 1. The molecule has 1 aliphatic heterocycles. The third kappa shape index (κ3) is 2.27. The maximum atomic E-state index is 12.1. The number of rotatable bonds is 2. The molecule has 1 heterocycles. The van der Waals surface area contributed by atoms with Gasteiger partial charge in [-0.05, 0) is 26.3 Å². The van der Waals surface area contributed by atoms with E-state index in [0.29, 0.717) is 0 Å². The Morgan fingerprint density at radius 2 is 1.78 bits per heavy atom. The topological polar surface area (TPSA) is 54.5 Å². The number of carbonyl (C=O) groups is 1. The molecule has 2 rings (SSSR count). The molecule has 1 aromatic rings. The zero-order valence-corrected chi connectivity index (χ0v) is 11.6. The average molecular weight is 267 g/mol. The molecule has 1 amide bonds. The summed E-state index contributed by atoms with van der Waals surface area (Å²) in [7, 11) is -3.47. The van der Waals surface area contributed by atoms with Gasteiger partial charge in [0.25, 0.3) is 0 Å². The van der Waals surface area contributed by atoms with Crippen molar-refractivity contribution in [1.82, 2.24) is 4.31 Å². The molecule has 0 aliphatic carbocycles. The number of sulfonamides is 1. The monoisotopic (exact) mass is 267 g/mol. The smallest absolute Gasteiger partial charge is 0.243 e. The van der Waals surface area contributed by atoms with E-state index in [1.165, 1.54) is 0 Å². The standard InChI is InChI=1S/C13H17NO3S/c1-10-4-6-11(7-5-10)8-14-12(15)13(2,3)9-18(14,16)17/h4-7H,8-9H2,1-3H3. The van der Waals surface area contributed by atoms with Crippen LogP contribution in [0.5, 0.6) is 0 Å². The Hall–Kier alpha value is -1.36. The molecular formula is C13H17NO3S. The van der Waals surface area contributed by atoms with E-state index in [1.807, 2.05) is 31.2 Å². The summed E-state index contributed by atoms with van der Waals surface area (Å²) in [4.78, 5) is 12.1. The second-order valence-corrected chi connectivity index (χ2v) is 7.33. The number of hydrogen-bond donors (Lipinski definition) is 0. The van der Waals surface area contributed by atoms with Gasteiger partial charge in [-0.3, -0.25) is 4.79 Å². The molecule has 0 bridgehead atoms. The maximum Gasteiger partial charge on any atom is 0.243 e. The summed E-state index contributed by atoms with van der Waals surface area (Å²) in [6, 6.07) is 7.52. The Balaban J connectivity index is 2.29. The van der Waals surface area contributed by atoms with Gasteiger partial charge in [0.05, 0.1) is 17.7 Å². The van der Waals surface area contributed by atoms with Crippen LogP contribution in [0.3, 0.4) is 0 Å². The van der Waals surface area contributed by atoms with Crippen LogP contribution in [-0.2, 0) is 21.4 Å². The molecule has 18 heavy (non-hydrogen) atoms. The second kappa shape index (κ2) is 4.09. The number of benzene rings is 1. The number of nitrogens with zero attached hydrogens (tertiary/aromatic N) is 1. The van der Waals surface area contributed by atoms with Crippen molar-refractivity contribution in [3.63, 3.8) is 0 Å². The molecule has 0 N–H and O–H groups in total. The molecule has 0 unspecified atom stereocenters. The van der Waals surface area contributed by atoms with E-state index in [4.69, 9.17) is 0 Å². The number of hydrogen-bond acceptors (Lipinski definition) is 3.